The predicted molar refractivity (Wildman–Crippen MR) is 83.0 cm³/mol. The summed E-state index contributed by atoms with van der Waals surface area (Å²) in [6.07, 6.45) is 1.63. The molecule has 0 amide bonds. The van der Waals surface area contributed by atoms with E-state index in [1.807, 2.05) is 36.4 Å². The highest BCUT2D eigenvalue weighted by Gasteiger charge is 2.08. The highest BCUT2D eigenvalue weighted by atomic mass is 35.5. The maximum Gasteiger partial charge on any atom is 0.107 e. The van der Waals surface area contributed by atoms with Crippen LogP contribution in [0.3, 0.4) is 0 Å². The van der Waals surface area contributed by atoms with Crippen molar-refractivity contribution in [2.24, 2.45) is 5.73 Å². The summed E-state index contributed by atoms with van der Waals surface area (Å²) in [5.74, 6) is 0. The Labute approximate surface area is 126 Å². The number of aromatic nitrogens is 2. The minimum atomic E-state index is 0.452. The Balaban J connectivity index is 2.03. The van der Waals surface area contributed by atoms with Gasteiger partial charge >= 0.3 is 0 Å². The lowest BCUT2D eigenvalue weighted by atomic mass is 10.1. The summed E-state index contributed by atoms with van der Waals surface area (Å²) in [6.45, 7) is 0.452. The first-order chi connectivity index (χ1) is 9.76. The second-order valence-corrected chi connectivity index (χ2v) is 5.71. The van der Waals surface area contributed by atoms with E-state index in [-0.39, 0.29) is 0 Å². The molecule has 0 aliphatic heterocycles. The predicted octanol–water partition coefficient (Wildman–Crippen LogP) is 3.89. The van der Waals surface area contributed by atoms with Gasteiger partial charge in [-0.2, -0.15) is 0 Å². The third-order valence-corrected chi connectivity index (χ3v) is 4.11. The van der Waals surface area contributed by atoms with Gasteiger partial charge in [0, 0.05) is 18.1 Å². The van der Waals surface area contributed by atoms with Gasteiger partial charge in [0.15, 0.2) is 0 Å². The number of benzene rings is 1. The molecule has 3 rings (SSSR count). The van der Waals surface area contributed by atoms with Crippen molar-refractivity contribution in [1.29, 1.82) is 0 Å². The van der Waals surface area contributed by atoms with Crippen LogP contribution in [0.5, 0.6) is 0 Å². The summed E-state index contributed by atoms with van der Waals surface area (Å²) < 4.78 is 0. The largest absolute Gasteiger partial charge is 0.326 e. The van der Waals surface area contributed by atoms with E-state index in [9.17, 15) is 0 Å². The van der Waals surface area contributed by atoms with Crippen molar-refractivity contribution >= 4 is 34.3 Å². The molecule has 0 atom stereocenters. The number of hydrogen-bond donors (Lipinski definition) is 1. The highest BCUT2D eigenvalue weighted by Crippen LogP contribution is 2.30. The first-order valence-electron chi connectivity index (χ1n) is 6.14. The fourth-order valence-electron chi connectivity index (χ4n) is 1.90. The van der Waals surface area contributed by atoms with E-state index in [0.717, 1.165) is 26.5 Å². The number of nitrogens with two attached hydrogens (primary N) is 1. The maximum atomic E-state index is 5.84. The van der Waals surface area contributed by atoms with Gasteiger partial charge in [0.25, 0.3) is 0 Å². The van der Waals surface area contributed by atoms with Crippen molar-refractivity contribution in [2.45, 2.75) is 16.6 Å². The summed E-state index contributed by atoms with van der Waals surface area (Å²) in [5.41, 5.74) is 7.80. The third kappa shape index (κ3) is 2.77. The zero-order valence-corrected chi connectivity index (χ0v) is 12.2. The van der Waals surface area contributed by atoms with E-state index in [4.69, 9.17) is 17.3 Å². The van der Waals surface area contributed by atoms with Crippen LogP contribution in [-0.2, 0) is 6.54 Å². The molecule has 0 unspecified atom stereocenters. The van der Waals surface area contributed by atoms with Gasteiger partial charge < -0.3 is 5.73 Å². The Bertz CT molecular complexity index is 744. The quantitative estimate of drug-likeness (QED) is 0.797. The van der Waals surface area contributed by atoms with Gasteiger partial charge in [0.05, 0.1) is 10.5 Å². The molecule has 0 bridgehead atoms. The number of para-hydroxylation sites is 1. The van der Waals surface area contributed by atoms with Crippen LogP contribution in [-0.4, -0.2) is 9.97 Å². The van der Waals surface area contributed by atoms with Gasteiger partial charge in [0.1, 0.15) is 10.1 Å². The lowest BCUT2D eigenvalue weighted by molar-refractivity contribution is 0.978. The molecule has 2 N–H and O–H groups in total. The van der Waals surface area contributed by atoms with E-state index in [1.165, 1.54) is 11.8 Å². The molecular weight excluding hydrogens is 290 g/mol. The van der Waals surface area contributed by atoms with E-state index in [1.54, 1.807) is 6.20 Å². The Morgan fingerprint density at radius 1 is 1.15 bits per heavy atom. The number of rotatable bonds is 3. The molecule has 1 aromatic carbocycles. The smallest absolute Gasteiger partial charge is 0.107 e. The van der Waals surface area contributed by atoms with Crippen LogP contribution in [0.25, 0.3) is 10.9 Å². The molecule has 5 heteroatoms. The monoisotopic (exact) mass is 301 g/mol. The Kier molecular flexibility index (Phi) is 3.87. The number of nitrogens with zero attached hydrogens (tertiary/aromatic N) is 2. The van der Waals surface area contributed by atoms with E-state index < -0.39 is 0 Å². The van der Waals surface area contributed by atoms with Gasteiger partial charge in [-0.05, 0) is 41.6 Å². The molecule has 0 saturated heterocycles. The van der Waals surface area contributed by atoms with Crippen LogP contribution >= 0.6 is 23.4 Å². The molecule has 100 valence electrons. The topological polar surface area (TPSA) is 51.8 Å². The lowest BCUT2D eigenvalue weighted by Crippen LogP contribution is -2.00. The number of pyridine rings is 2. The molecule has 0 fully saturated rings. The average molecular weight is 302 g/mol. The molecule has 0 aliphatic rings. The standard InChI is InChI=1S/C15H12ClN3S/c16-12-5-6-14(18-9-12)20-15-11(8-17)7-10-3-1-2-4-13(10)19-15/h1-7,9H,8,17H2. The van der Waals surface area contributed by atoms with Crippen LogP contribution in [0, 0.1) is 0 Å². The van der Waals surface area contributed by atoms with Crippen LogP contribution < -0.4 is 5.73 Å². The van der Waals surface area contributed by atoms with Gasteiger partial charge in [-0.3, -0.25) is 0 Å². The molecule has 3 aromatic rings. The maximum absolute atomic E-state index is 5.84. The molecule has 0 aliphatic carbocycles. The first-order valence-corrected chi connectivity index (χ1v) is 7.34. The van der Waals surface area contributed by atoms with Crippen molar-refractivity contribution in [2.75, 3.05) is 0 Å². The minimum Gasteiger partial charge on any atom is -0.326 e. The summed E-state index contributed by atoms with van der Waals surface area (Å²) in [7, 11) is 0. The van der Waals surface area contributed by atoms with Gasteiger partial charge in [-0.25, -0.2) is 9.97 Å². The zero-order valence-electron chi connectivity index (χ0n) is 10.6. The van der Waals surface area contributed by atoms with E-state index in [0.29, 0.717) is 11.6 Å². The minimum absolute atomic E-state index is 0.452. The summed E-state index contributed by atoms with van der Waals surface area (Å²) in [5, 5.41) is 3.47. The molecular formula is C15H12ClN3S. The van der Waals surface area contributed by atoms with Crippen LogP contribution in [0.15, 0.2) is 58.7 Å². The van der Waals surface area contributed by atoms with Gasteiger partial charge in [-0.15, -0.1) is 0 Å². The molecule has 0 saturated carbocycles. The molecule has 2 heterocycles. The SMILES string of the molecule is NCc1cc2ccccc2nc1Sc1ccc(Cl)cn1. The van der Waals surface area contributed by atoms with Crippen molar-refractivity contribution in [3.8, 4) is 0 Å². The summed E-state index contributed by atoms with van der Waals surface area (Å²) in [4.78, 5) is 8.95. The van der Waals surface area contributed by atoms with Crippen LogP contribution in [0.1, 0.15) is 5.56 Å². The van der Waals surface area contributed by atoms with Crippen LogP contribution in [0.4, 0.5) is 0 Å². The second kappa shape index (κ2) is 5.79. The van der Waals surface area contributed by atoms with Crippen LogP contribution in [0.2, 0.25) is 5.02 Å². The average Bonchev–Trinajstić information content (AvgIpc) is 2.49. The fraction of sp³-hybridized carbons (Fsp3) is 0.0667. The Morgan fingerprint density at radius 2 is 2.00 bits per heavy atom. The van der Waals surface area contributed by atoms with Gasteiger partial charge in [-0.1, -0.05) is 29.8 Å². The summed E-state index contributed by atoms with van der Waals surface area (Å²) in [6, 6.07) is 13.8. The molecule has 20 heavy (non-hydrogen) atoms. The molecule has 0 spiro atoms. The molecule has 2 aromatic heterocycles. The fourth-order valence-corrected chi connectivity index (χ4v) is 2.87. The second-order valence-electron chi connectivity index (χ2n) is 4.27. The van der Waals surface area contributed by atoms with Gasteiger partial charge in [0.2, 0.25) is 0 Å². The van der Waals surface area contributed by atoms with Crippen molar-refractivity contribution < 1.29 is 0 Å². The Morgan fingerprint density at radius 3 is 2.75 bits per heavy atom. The van der Waals surface area contributed by atoms with E-state index in [2.05, 4.69) is 16.0 Å². The first kappa shape index (κ1) is 13.4. The number of hydrogen-bond acceptors (Lipinski definition) is 4. The van der Waals surface area contributed by atoms with Crippen molar-refractivity contribution in [3.63, 3.8) is 0 Å². The lowest BCUT2D eigenvalue weighted by Gasteiger charge is -2.08. The van der Waals surface area contributed by atoms with E-state index >= 15 is 0 Å². The normalized spacial score (nSPS) is 10.9. The van der Waals surface area contributed by atoms with Crippen molar-refractivity contribution in [3.05, 3.63) is 59.2 Å². The third-order valence-electron chi connectivity index (χ3n) is 2.88. The summed E-state index contributed by atoms with van der Waals surface area (Å²) >= 11 is 7.35. The number of fused-ring (bicyclic) bond motifs is 1. The molecule has 0 radical (unpaired) electrons. The zero-order chi connectivity index (χ0) is 13.9. The number of halogens is 1. The highest BCUT2D eigenvalue weighted by molar-refractivity contribution is 7.99. The molecule has 3 nitrogen and oxygen atoms in total. The Hall–Kier alpha value is -1.62. The van der Waals surface area contributed by atoms with Crippen molar-refractivity contribution in [1.82, 2.24) is 9.97 Å².